The van der Waals surface area contributed by atoms with Crippen LogP contribution >= 0.6 is 0 Å². The second-order valence-electron chi connectivity index (χ2n) is 7.71. The van der Waals surface area contributed by atoms with E-state index < -0.39 is 0 Å². The lowest BCUT2D eigenvalue weighted by Gasteiger charge is -2.43. The number of amides is 1. The molecule has 136 valence electrons. The molecule has 1 N–H and O–H groups in total. The number of hydrogen-bond acceptors (Lipinski definition) is 3. The third-order valence-electron chi connectivity index (χ3n) is 5.52. The summed E-state index contributed by atoms with van der Waals surface area (Å²) in [7, 11) is 0. The summed E-state index contributed by atoms with van der Waals surface area (Å²) in [5.41, 5.74) is 2.14. The number of nitrogens with zero attached hydrogens (tertiary/aromatic N) is 2. The summed E-state index contributed by atoms with van der Waals surface area (Å²) >= 11 is 0. The van der Waals surface area contributed by atoms with Crippen molar-refractivity contribution in [2.45, 2.75) is 38.6 Å². The number of H-pyrrole nitrogens is 1. The van der Waals surface area contributed by atoms with Gasteiger partial charge in [0.1, 0.15) is 0 Å². The van der Waals surface area contributed by atoms with Gasteiger partial charge in [0, 0.05) is 49.1 Å². The van der Waals surface area contributed by atoms with Gasteiger partial charge >= 0.3 is 0 Å². The highest BCUT2D eigenvalue weighted by atomic mass is 16.2. The predicted molar refractivity (Wildman–Crippen MR) is 98.6 cm³/mol. The van der Waals surface area contributed by atoms with Gasteiger partial charge in [-0.2, -0.15) is 0 Å². The largest absolute Gasteiger partial charge is 0.338 e. The number of aromatic nitrogens is 2. The zero-order valence-electron chi connectivity index (χ0n) is 15.1. The van der Waals surface area contributed by atoms with Gasteiger partial charge in [-0.15, -0.1) is 0 Å². The van der Waals surface area contributed by atoms with E-state index in [0.29, 0.717) is 30.9 Å². The summed E-state index contributed by atoms with van der Waals surface area (Å²) < 4.78 is 1.86. The van der Waals surface area contributed by atoms with Gasteiger partial charge in [0.15, 0.2) is 0 Å². The van der Waals surface area contributed by atoms with Crippen molar-refractivity contribution in [3.8, 4) is 0 Å². The zero-order chi connectivity index (χ0) is 18.4. The molecule has 0 unspecified atom stereocenters. The van der Waals surface area contributed by atoms with Crippen molar-refractivity contribution in [3.05, 3.63) is 68.0 Å². The van der Waals surface area contributed by atoms with Crippen molar-refractivity contribution in [1.82, 2.24) is 14.5 Å². The molecule has 1 amide bonds. The summed E-state index contributed by atoms with van der Waals surface area (Å²) in [4.78, 5) is 41.7. The fourth-order valence-corrected chi connectivity index (χ4v) is 4.37. The highest BCUT2D eigenvalue weighted by Gasteiger charge is 2.37. The van der Waals surface area contributed by atoms with Gasteiger partial charge in [-0.3, -0.25) is 14.4 Å². The van der Waals surface area contributed by atoms with Gasteiger partial charge in [0.05, 0.1) is 5.56 Å². The Balaban J connectivity index is 1.66. The topological polar surface area (TPSA) is 75.2 Å². The van der Waals surface area contributed by atoms with E-state index in [4.69, 9.17) is 0 Å². The van der Waals surface area contributed by atoms with Crippen molar-refractivity contribution in [1.29, 1.82) is 0 Å². The molecule has 0 saturated carbocycles. The second kappa shape index (κ2) is 6.27. The van der Waals surface area contributed by atoms with E-state index in [1.807, 2.05) is 29.4 Å². The van der Waals surface area contributed by atoms with Crippen molar-refractivity contribution in [3.63, 3.8) is 0 Å². The third kappa shape index (κ3) is 2.79. The lowest BCUT2D eigenvalue weighted by atomic mass is 9.83. The molecular weight excluding hydrogens is 330 g/mol. The molecule has 2 aliphatic heterocycles. The normalized spacial score (nSPS) is 21.6. The highest BCUT2D eigenvalue weighted by molar-refractivity contribution is 5.95. The second-order valence-corrected chi connectivity index (χ2v) is 7.71. The van der Waals surface area contributed by atoms with Gasteiger partial charge in [-0.25, -0.2) is 0 Å². The lowest BCUT2D eigenvalue weighted by Crippen LogP contribution is -2.49. The first-order chi connectivity index (χ1) is 12.4. The summed E-state index contributed by atoms with van der Waals surface area (Å²) in [5, 5.41) is 0. The smallest absolute Gasteiger partial charge is 0.255 e. The first kappa shape index (κ1) is 16.8. The Hall–Kier alpha value is -2.63. The molecule has 4 heterocycles. The number of carbonyl (C=O) groups excluding carboxylic acids is 1. The Bertz CT molecular complexity index is 973. The van der Waals surface area contributed by atoms with Crippen LogP contribution < -0.4 is 11.1 Å². The summed E-state index contributed by atoms with van der Waals surface area (Å²) in [5.74, 6) is 0.499. The highest BCUT2D eigenvalue weighted by Crippen LogP contribution is 2.35. The minimum absolute atomic E-state index is 0.0358. The van der Waals surface area contributed by atoms with Gasteiger partial charge in [0.2, 0.25) is 5.56 Å². The van der Waals surface area contributed by atoms with E-state index in [0.717, 1.165) is 12.1 Å². The molecule has 1 fully saturated rings. The molecule has 2 aliphatic rings. The average molecular weight is 353 g/mol. The maximum atomic E-state index is 13.2. The number of likely N-dealkylation sites (tertiary alicyclic amines) is 1. The Morgan fingerprint density at radius 2 is 1.92 bits per heavy atom. The SMILES string of the molecule is CC(C)c1[nH]c(=O)ccc1C(=O)N1C[C@@H]2C[C@H](C1)c1cccc(=O)n1C2. The van der Waals surface area contributed by atoms with Gasteiger partial charge in [0.25, 0.3) is 11.5 Å². The van der Waals surface area contributed by atoms with Crippen LogP contribution in [0.1, 0.15) is 53.8 Å². The number of nitrogens with one attached hydrogen (secondary N) is 1. The number of carbonyl (C=O) groups is 1. The molecule has 1 saturated heterocycles. The summed E-state index contributed by atoms with van der Waals surface area (Å²) in [6.45, 7) is 5.85. The summed E-state index contributed by atoms with van der Waals surface area (Å²) in [6.07, 6.45) is 1.01. The van der Waals surface area contributed by atoms with Crippen molar-refractivity contribution < 1.29 is 4.79 Å². The minimum Gasteiger partial charge on any atom is -0.338 e. The average Bonchev–Trinajstić information content (AvgIpc) is 2.62. The third-order valence-corrected chi connectivity index (χ3v) is 5.52. The van der Waals surface area contributed by atoms with Gasteiger partial charge in [-0.1, -0.05) is 19.9 Å². The molecular formula is C20H23N3O3. The molecule has 26 heavy (non-hydrogen) atoms. The maximum absolute atomic E-state index is 13.2. The fraction of sp³-hybridized carbons (Fsp3) is 0.450. The van der Waals surface area contributed by atoms with E-state index in [-0.39, 0.29) is 34.8 Å². The molecule has 2 bridgehead atoms. The molecule has 2 atom stereocenters. The fourth-order valence-electron chi connectivity index (χ4n) is 4.37. The molecule has 0 aliphatic carbocycles. The molecule has 4 rings (SSSR count). The van der Waals surface area contributed by atoms with Crippen LogP contribution in [0, 0.1) is 5.92 Å². The minimum atomic E-state index is -0.186. The monoisotopic (exact) mass is 353 g/mol. The molecule has 0 aromatic carbocycles. The number of hydrogen-bond donors (Lipinski definition) is 1. The van der Waals surface area contributed by atoms with Crippen LogP contribution in [-0.4, -0.2) is 33.4 Å². The molecule has 6 nitrogen and oxygen atoms in total. The van der Waals surface area contributed by atoms with Crippen LogP contribution in [0.15, 0.2) is 39.9 Å². The maximum Gasteiger partial charge on any atom is 0.255 e. The molecule has 2 aromatic heterocycles. The first-order valence-electron chi connectivity index (χ1n) is 9.16. The van der Waals surface area contributed by atoms with E-state index in [9.17, 15) is 14.4 Å². The quantitative estimate of drug-likeness (QED) is 0.896. The molecule has 0 spiro atoms. The van der Waals surface area contributed by atoms with Crippen LogP contribution in [0.2, 0.25) is 0 Å². The number of pyridine rings is 2. The van der Waals surface area contributed by atoms with Crippen LogP contribution in [0.5, 0.6) is 0 Å². The summed E-state index contributed by atoms with van der Waals surface area (Å²) in [6, 6.07) is 8.45. The van der Waals surface area contributed by atoms with Crippen LogP contribution in [-0.2, 0) is 6.54 Å². The Kier molecular flexibility index (Phi) is 4.05. The van der Waals surface area contributed by atoms with Gasteiger partial charge < -0.3 is 14.5 Å². The first-order valence-corrected chi connectivity index (χ1v) is 9.16. The number of rotatable bonds is 2. The van der Waals surface area contributed by atoms with Crippen LogP contribution in [0.4, 0.5) is 0 Å². The van der Waals surface area contributed by atoms with Crippen LogP contribution in [0.3, 0.4) is 0 Å². The number of piperidine rings is 1. The Labute approximate surface area is 151 Å². The van der Waals surface area contributed by atoms with Crippen molar-refractivity contribution in [2.75, 3.05) is 13.1 Å². The van der Waals surface area contributed by atoms with E-state index in [2.05, 4.69) is 4.98 Å². The van der Waals surface area contributed by atoms with Crippen molar-refractivity contribution >= 4 is 5.91 Å². The van der Waals surface area contributed by atoms with E-state index in [1.54, 1.807) is 18.2 Å². The van der Waals surface area contributed by atoms with E-state index >= 15 is 0 Å². The Morgan fingerprint density at radius 3 is 2.69 bits per heavy atom. The van der Waals surface area contributed by atoms with Gasteiger partial charge in [-0.05, 0) is 30.4 Å². The van der Waals surface area contributed by atoms with Crippen molar-refractivity contribution in [2.24, 2.45) is 5.92 Å². The Morgan fingerprint density at radius 1 is 1.12 bits per heavy atom. The van der Waals surface area contributed by atoms with E-state index in [1.165, 1.54) is 6.07 Å². The molecule has 0 radical (unpaired) electrons. The standard InChI is InChI=1S/C20H23N3O3/c1-12(2)19-15(6-7-17(24)21-19)20(26)22-9-13-8-14(11-22)16-4-3-5-18(25)23(16)10-13/h3-7,12-14H,8-11H2,1-2H3,(H,21,24)/t13-,14+/m0/s1. The molecule has 2 aromatic rings. The lowest BCUT2D eigenvalue weighted by molar-refractivity contribution is 0.0592. The number of aromatic amines is 1. The number of fused-ring (bicyclic) bond motifs is 4. The molecule has 6 heteroatoms. The zero-order valence-corrected chi connectivity index (χ0v) is 15.1. The predicted octanol–water partition coefficient (Wildman–Crippen LogP) is 1.92. The van der Waals surface area contributed by atoms with Crippen LogP contribution in [0.25, 0.3) is 0 Å².